The van der Waals surface area contributed by atoms with E-state index in [0.717, 1.165) is 29.8 Å². The lowest BCUT2D eigenvalue weighted by atomic mass is 10.1. The molecule has 4 nitrogen and oxygen atoms in total. The van der Waals surface area contributed by atoms with Gasteiger partial charge in [-0.25, -0.2) is 0 Å². The normalized spacial score (nSPS) is 10.3. The van der Waals surface area contributed by atoms with Crippen LogP contribution in [0.2, 0.25) is 0 Å². The second-order valence-corrected chi connectivity index (χ2v) is 4.35. The SMILES string of the molecule is O=C(O)Cc1ccc(CNCc2cccnc2)cc1. The summed E-state index contributed by atoms with van der Waals surface area (Å²) >= 11 is 0. The number of carboxylic acids is 1. The van der Waals surface area contributed by atoms with Crippen LogP contribution in [0.3, 0.4) is 0 Å². The molecular formula is C15H16N2O2. The maximum absolute atomic E-state index is 10.6. The van der Waals surface area contributed by atoms with Crippen LogP contribution in [0, 0.1) is 0 Å². The molecule has 98 valence electrons. The molecule has 19 heavy (non-hydrogen) atoms. The van der Waals surface area contributed by atoms with E-state index in [4.69, 9.17) is 5.11 Å². The third-order valence-corrected chi connectivity index (χ3v) is 2.76. The summed E-state index contributed by atoms with van der Waals surface area (Å²) in [5.74, 6) is -0.803. The van der Waals surface area contributed by atoms with Crippen LogP contribution in [-0.4, -0.2) is 16.1 Å². The molecule has 2 N–H and O–H groups in total. The number of carbonyl (C=O) groups is 1. The van der Waals surface area contributed by atoms with Gasteiger partial charge in [-0.3, -0.25) is 9.78 Å². The number of pyridine rings is 1. The van der Waals surface area contributed by atoms with Gasteiger partial charge in [0.25, 0.3) is 0 Å². The number of aromatic nitrogens is 1. The van der Waals surface area contributed by atoms with Gasteiger partial charge in [-0.15, -0.1) is 0 Å². The van der Waals surface area contributed by atoms with Gasteiger partial charge >= 0.3 is 5.97 Å². The number of nitrogens with zero attached hydrogens (tertiary/aromatic N) is 1. The van der Waals surface area contributed by atoms with Crippen LogP contribution >= 0.6 is 0 Å². The fraction of sp³-hybridized carbons (Fsp3) is 0.200. The monoisotopic (exact) mass is 256 g/mol. The molecule has 1 aromatic carbocycles. The molecule has 2 aromatic rings. The average molecular weight is 256 g/mol. The highest BCUT2D eigenvalue weighted by Crippen LogP contribution is 2.05. The van der Waals surface area contributed by atoms with Gasteiger partial charge in [0.1, 0.15) is 0 Å². The van der Waals surface area contributed by atoms with Gasteiger partial charge in [0.2, 0.25) is 0 Å². The van der Waals surface area contributed by atoms with E-state index in [-0.39, 0.29) is 6.42 Å². The van der Waals surface area contributed by atoms with Crippen LogP contribution in [0.5, 0.6) is 0 Å². The molecule has 4 heteroatoms. The van der Waals surface area contributed by atoms with Gasteiger partial charge in [0.05, 0.1) is 6.42 Å². The molecule has 2 rings (SSSR count). The highest BCUT2D eigenvalue weighted by molar-refractivity contribution is 5.70. The zero-order valence-corrected chi connectivity index (χ0v) is 10.5. The van der Waals surface area contributed by atoms with E-state index in [1.807, 2.05) is 42.6 Å². The molecule has 0 aliphatic rings. The fourth-order valence-corrected chi connectivity index (χ4v) is 1.80. The predicted octanol–water partition coefficient (Wildman–Crippen LogP) is 2.00. The number of benzene rings is 1. The topological polar surface area (TPSA) is 62.2 Å². The highest BCUT2D eigenvalue weighted by Gasteiger charge is 2.00. The van der Waals surface area contributed by atoms with E-state index >= 15 is 0 Å². The zero-order chi connectivity index (χ0) is 13.5. The van der Waals surface area contributed by atoms with Crippen molar-refractivity contribution >= 4 is 5.97 Å². The van der Waals surface area contributed by atoms with Gasteiger partial charge < -0.3 is 10.4 Å². The smallest absolute Gasteiger partial charge is 0.307 e. The van der Waals surface area contributed by atoms with Gasteiger partial charge in [-0.2, -0.15) is 0 Å². The van der Waals surface area contributed by atoms with Crippen molar-refractivity contribution in [3.63, 3.8) is 0 Å². The third-order valence-electron chi connectivity index (χ3n) is 2.76. The van der Waals surface area contributed by atoms with Crippen molar-refractivity contribution in [2.24, 2.45) is 0 Å². The number of aliphatic carboxylic acids is 1. The van der Waals surface area contributed by atoms with Crippen molar-refractivity contribution in [2.45, 2.75) is 19.5 Å². The van der Waals surface area contributed by atoms with Gasteiger partial charge in [0, 0.05) is 25.5 Å². The molecule has 0 bridgehead atoms. The van der Waals surface area contributed by atoms with Crippen LogP contribution < -0.4 is 5.32 Å². The first-order valence-corrected chi connectivity index (χ1v) is 6.13. The number of nitrogens with one attached hydrogen (secondary N) is 1. The Morgan fingerprint density at radius 2 is 1.74 bits per heavy atom. The van der Waals surface area contributed by atoms with E-state index in [1.54, 1.807) is 6.20 Å². The van der Waals surface area contributed by atoms with Crippen molar-refractivity contribution in [1.82, 2.24) is 10.3 Å². The van der Waals surface area contributed by atoms with Gasteiger partial charge in [-0.05, 0) is 22.8 Å². The van der Waals surface area contributed by atoms with Crippen molar-refractivity contribution in [3.8, 4) is 0 Å². The summed E-state index contributed by atoms with van der Waals surface area (Å²) in [4.78, 5) is 14.6. The maximum atomic E-state index is 10.6. The maximum Gasteiger partial charge on any atom is 0.307 e. The Morgan fingerprint density at radius 1 is 1.05 bits per heavy atom. The summed E-state index contributed by atoms with van der Waals surface area (Å²) in [6.07, 6.45) is 3.66. The Labute approximate surface area is 112 Å². The predicted molar refractivity (Wildman–Crippen MR) is 72.6 cm³/mol. The molecule has 0 saturated carbocycles. The molecule has 0 unspecified atom stereocenters. The van der Waals surface area contributed by atoms with Crippen LogP contribution in [0.1, 0.15) is 16.7 Å². The van der Waals surface area contributed by atoms with E-state index in [1.165, 1.54) is 0 Å². The highest BCUT2D eigenvalue weighted by atomic mass is 16.4. The molecule has 0 atom stereocenters. The summed E-state index contributed by atoms with van der Waals surface area (Å²) < 4.78 is 0. The van der Waals surface area contributed by atoms with Crippen LogP contribution in [-0.2, 0) is 24.3 Å². The molecule has 1 aromatic heterocycles. The van der Waals surface area contributed by atoms with Crippen LogP contribution in [0.25, 0.3) is 0 Å². The largest absolute Gasteiger partial charge is 0.481 e. The lowest BCUT2D eigenvalue weighted by Gasteiger charge is -2.05. The van der Waals surface area contributed by atoms with Gasteiger partial charge in [-0.1, -0.05) is 30.3 Å². The Kier molecular flexibility index (Phi) is 4.64. The second kappa shape index (κ2) is 6.66. The molecular weight excluding hydrogens is 240 g/mol. The van der Waals surface area contributed by atoms with E-state index < -0.39 is 5.97 Å². The minimum atomic E-state index is -0.803. The van der Waals surface area contributed by atoms with E-state index in [2.05, 4.69) is 10.3 Å². The summed E-state index contributed by atoms with van der Waals surface area (Å²) in [6.45, 7) is 1.52. The number of hydrogen-bond acceptors (Lipinski definition) is 3. The molecule has 0 radical (unpaired) electrons. The number of rotatable bonds is 6. The molecule has 1 heterocycles. The lowest BCUT2D eigenvalue weighted by Crippen LogP contribution is -2.12. The van der Waals surface area contributed by atoms with E-state index in [0.29, 0.717) is 0 Å². The van der Waals surface area contributed by atoms with Crippen molar-refractivity contribution in [2.75, 3.05) is 0 Å². The first-order chi connectivity index (χ1) is 9.24. The number of carboxylic acid groups (broad SMARTS) is 1. The van der Waals surface area contributed by atoms with E-state index in [9.17, 15) is 4.79 Å². The molecule has 0 fully saturated rings. The molecule has 0 aliphatic heterocycles. The first-order valence-electron chi connectivity index (χ1n) is 6.13. The van der Waals surface area contributed by atoms with Crippen LogP contribution in [0.15, 0.2) is 48.8 Å². The second-order valence-electron chi connectivity index (χ2n) is 4.35. The Hall–Kier alpha value is -2.20. The molecule has 0 spiro atoms. The molecule has 0 aliphatic carbocycles. The lowest BCUT2D eigenvalue weighted by molar-refractivity contribution is -0.136. The van der Waals surface area contributed by atoms with Crippen LogP contribution in [0.4, 0.5) is 0 Å². The number of hydrogen-bond donors (Lipinski definition) is 2. The summed E-state index contributed by atoms with van der Waals surface area (Å²) in [6, 6.07) is 11.6. The zero-order valence-electron chi connectivity index (χ0n) is 10.5. The fourth-order valence-electron chi connectivity index (χ4n) is 1.80. The average Bonchev–Trinajstić information content (AvgIpc) is 2.41. The van der Waals surface area contributed by atoms with Crippen molar-refractivity contribution < 1.29 is 9.90 Å². The van der Waals surface area contributed by atoms with Crippen molar-refractivity contribution in [3.05, 3.63) is 65.5 Å². The minimum absolute atomic E-state index is 0.0728. The Bertz CT molecular complexity index is 524. The summed E-state index contributed by atoms with van der Waals surface area (Å²) in [5, 5.41) is 12.0. The Balaban J connectivity index is 1.81. The first kappa shape index (κ1) is 13.2. The van der Waals surface area contributed by atoms with Gasteiger partial charge in [0.15, 0.2) is 0 Å². The minimum Gasteiger partial charge on any atom is -0.481 e. The summed E-state index contributed by atoms with van der Waals surface area (Å²) in [7, 11) is 0. The third kappa shape index (κ3) is 4.52. The standard InChI is InChI=1S/C15H16N2O2/c18-15(19)8-12-3-5-13(6-4-12)9-17-11-14-2-1-7-16-10-14/h1-7,10,17H,8-9,11H2,(H,18,19). The quantitative estimate of drug-likeness (QED) is 0.829. The van der Waals surface area contributed by atoms with Crippen molar-refractivity contribution in [1.29, 1.82) is 0 Å². The Morgan fingerprint density at radius 3 is 2.37 bits per heavy atom. The molecule has 0 saturated heterocycles. The summed E-state index contributed by atoms with van der Waals surface area (Å²) in [5.41, 5.74) is 3.10. The molecule has 0 amide bonds.